The highest BCUT2D eigenvalue weighted by atomic mass is 35.5. The number of halogens is 1. The average molecular weight is 510 g/mol. The fraction of sp³-hybridized carbons (Fsp3) is 0.188. The summed E-state index contributed by atoms with van der Waals surface area (Å²) in [5, 5.41) is 0. The summed E-state index contributed by atoms with van der Waals surface area (Å²) in [6, 6.07) is 37.5. The van der Waals surface area contributed by atoms with Crippen LogP contribution in [0.3, 0.4) is 0 Å². The van der Waals surface area contributed by atoms with Crippen molar-refractivity contribution in [3.63, 3.8) is 0 Å². The molecule has 37 heavy (non-hydrogen) atoms. The number of para-hydroxylation sites is 2. The number of imidazole rings is 1. The summed E-state index contributed by atoms with van der Waals surface area (Å²) >= 11 is 5.60. The number of hydrogen-bond donors (Lipinski definition) is 1. The highest BCUT2D eigenvalue weighted by Gasteiger charge is 2.12. The van der Waals surface area contributed by atoms with Gasteiger partial charge in [-0.05, 0) is 47.2 Å². The summed E-state index contributed by atoms with van der Waals surface area (Å²) in [6.45, 7) is 0.957. The number of alkyl halides is 1. The summed E-state index contributed by atoms with van der Waals surface area (Å²) in [5.74, 6) is 1.57. The Balaban J connectivity index is 0.000000143. The maximum Gasteiger partial charge on any atom is 0.222 e. The number of aromatic amines is 1. The molecule has 0 radical (unpaired) electrons. The summed E-state index contributed by atoms with van der Waals surface area (Å²) in [5.41, 5.74) is 7.11. The molecule has 2 heterocycles. The van der Waals surface area contributed by atoms with Crippen molar-refractivity contribution in [2.75, 3.05) is 13.6 Å². The van der Waals surface area contributed by atoms with Gasteiger partial charge in [0.25, 0.3) is 0 Å². The number of fused-ring (bicyclic) bond motifs is 1. The Labute approximate surface area is 223 Å². The van der Waals surface area contributed by atoms with Crippen LogP contribution >= 0.6 is 11.6 Å². The zero-order chi connectivity index (χ0) is 25.9. The van der Waals surface area contributed by atoms with Crippen molar-refractivity contribution in [3.05, 3.63) is 115 Å². The summed E-state index contributed by atoms with van der Waals surface area (Å²) in [6.07, 6.45) is 3.03. The number of amides is 1. The molecule has 1 aliphatic rings. The summed E-state index contributed by atoms with van der Waals surface area (Å²) in [4.78, 5) is 19.9. The van der Waals surface area contributed by atoms with E-state index in [0.29, 0.717) is 11.8 Å². The molecule has 0 unspecified atom stereocenters. The van der Waals surface area contributed by atoms with Gasteiger partial charge in [0, 0.05) is 20.0 Å². The molecule has 1 N–H and O–H groups in total. The van der Waals surface area contributed by atoms with E-state index in [-0.39, 0.29) is 0 Å². The lowest BCUT2D eigenvalue weighted by molar-refractivity contribution is -0.131. The lowest BCUT2D eigenvalue weighted by Gasteiger charge is -2.21. The molecule has 5 aromatic rings. The maximum absolute atomic E-state index is 10.7. The first-order valence-corrected chi connectivity index (χ1v) is 13.1. The molecule has 4 nitrogen and oxygen atoms in total. The van der Waals surface area contributed by atoms with Crippen LogP contribution < -0.4 is 0 Å². The van der Waals surface area contributed by atoms with Crippen LogP contribution in [0.25, 0.3) is 33.3 Å². The van der Waals surface area contributed by atoms with E-state index < -0.39 is 0 Å². The van der Waals surface area contributed by atoms with Gasteiger partial charge in [0.15, 0.2) is 0 Å². The van der Waals surface area contributed by atoms with E-state index in [1.807, 2.05) is 31.3 Å². The van der Waals surface area contributed by atoms with Crippen LogP contribution in [0.5, 0.6) is 0 Å². The molecule has 0 spiro atoms. The third-order valence-electron chi connectivity index (χ3n) is 6.22. The lowest BCUT2D eigenvalue weighted by Crippen LogP contribution is -2.31. The molecule has 4 aromatic carbocycles. The molecule has 1 amide bonds. The minimum Gasteiger partial charge on any atom is -0.346 e. The number of carbonyl (C=O) groups is 1. The number of carbonyl (C=O) groups excluding carboxylic acids is 1. The number of H-pyrrole nitrogens is 1. The molecule has 1 aliphatic heterocycles. The Morgan fingerprint density at radius 2 is 1.30 bits per heavy atom. The fourth-order valence-corrected chi connectivity index (χ4v) is 4.36. The first-order valence-electron chi connectivity index (χ1n) is 12.6. The molecular weight excluding hydrogens is 478 g/mol. The summed E-state index contributed by atoms with van der Waals surface area (Å²) in [7, 11) is 1.86. The van der Waals surface area contributed by atoms with E-state index in [2.05, 4.69) is 94.9 Å². The van der Waals surface area contributed by atoms with Crippen LogP contribution in [0.4, 0.5) is 0 Å². The van der Waals surface area contributed by atoms with Crippen LogP contribution in [-0.4, -0.2) is 34.4 Å². The molecule has 0 atom stereocenters. The lowest BCUT2D eigenvalue weighted by atomic mass is 9.95. The van der Waals surface area contributed by atoms with Crippen molar-refractivity contribution in [2.24, 2.45) is 0 Å². The topological polar surface area (TPSA) is 49.0 Å². The number of benzene rings is 4. The normalized spacial score (nSPS) is 12.8. The Morgan fingerprint density at radius 1 is 0.757 bits per heavy atom. The first-order chi connectivity index (χ1) is 18.2. The van der Waals surface area contributed by atoms with E-state index in [1.165, 1.54) is 28.7 Å². The monoisotopic (exact) mass is 509 g/mol. The maximum atomic E-state index is 10.7. The third-order valence-corrected chi connectivity index (χ3v) is 6.47. The Hall–Kier alpha value is -3.89. The predicted molar refractivity (Wildman–Crippen MR) is 154 cm³/mol. The molecule has 1 aromatic heterocycles. The predicted octanol–water partition coefficient (Wildman–Crippen LogP) is 7.95. The third kappa shape index (κ3) is 7.31. The van der Waals surface area contributed by atoms with Gasteiger partial charge in [-0.3, -0.25) is 4.79 Å². The molecule has 188 valence electrons. The molecular formula is C32H32ClN3O. The molecule has 0 aliphatic carbocycles. The van der Waals surface area contributed by atoms with Gasteiger partial charge >= 0.3 is 0 Å². The molecule has 5 heteroatoms. The van der Waals surface area contributed by atoms with Gasteiger partial charge in [0.05, 0.1) is 16.9 Å². The Kier molecular flexibility index (Phi) is 9.50. The van der Waals surface area contributed by atoms with Crippen LogP contribution in [0.15, 0.2) is 109 Å². The minimum atomic E-state index is 0.302. The van der Waals surface area contributed by atoms with Gasteiger partial charge in [0.1, 0.15) is 5.82 Å². The number of likely N-dealkylation sites (tertiary alicyclic amines) is 1. The number of nitrogens with zero attached hydrogens (tertiary/aromatic N) is 2. The highest BCUT2D eigenvalue weighted by Crippen LogP contribution is 2.31. The molecule has 1 saturated heterocycles. The Bertz CT molecular complexity index is 1310. The molecule has 0 bridgehead atoms. The van der Waals surface area contributed by atoms with Crippen LogP contribution in [0, 0.1) is 0 Å². The smallest absolute Gasteiger partial charge is 0.222 e. The highest BCUT2D eigenvalue weighted by molar-refractivity contribution is 6.16. The quantitative estimate of drug-likeness (QED) is 0.251. The van der Waals surface area contributed by atoms with Crippen molar-refractivity contribution >= 4 is 28.5 Å². The standard InChI is InChI=1S/C18H14.C8H7ClN2.C6H11NO/c1-3-9-15(10-4-1)17-13-7-8-14-18(17)16-11-5-2-6-12-16;9-5-8-10-6-3-1-2-4-7(6)11-8;1-7-5-3-2-4-6(7)8/h1-14H;1-4H,5H2,(H,10,11);2-5H2,1H3. The summed E-state index contributed by atoms with van der Waals surface area (Å²) < 4.78 is 0. The Morgan fingerprint density at radius 3 is 1.78 bits per heavy atom. The fourth-order valence-electron chi connectivity index (χ4n) is 4.23. The van der Waals surface area contributed by atoms with Crippen molar-refractivity contribution in [1.82, 2.24) is 14.9 Å². The van der Waals surface area contributed by atoms with Crippen LogP contribution in [0.1, 0.15) is 25.1 Å². The zero-order valence-electron chi connectivity index (χ0n) is 21.1. The molecule has 0 saturated carbocycles. The number of hydrogen-bond acceptors (Lipinski definition) is 2. The van der Waals surface area contributed by atoms with E-state index in [0.717, 1.165) is 36.2 Å². The van der Waals surface area contributed by atoms with Crippen LogP contribution in [0.2, 0.25) is 0 Å². The second-order valence-corrected chi connectivity index (χ2v) is 9.15. The van der Waals surface area contributed by atoms with Crippen molar-refractivity contribution in [2.45, 2.75) is 25.1 Å². The SMILES string of the molecule is CN1CCCCC1=O.ClCc1nc2ccccc2[nH]1.c1ccc(-c2ccccc2-c2ccccc2)cc1. The number of aromatic nitrogens is 2. The van der Waals surface area contributed by atoms with Gasteiger partial charge in [-0.2, -0.15) is 0 Å². The molecule has 6 rings (SSSR count). The van der Waals surface area contributed by atoms with Gasteiger partial charge < -0.3 is 9.88 Å². The molecule has 1 fully saturated rings. The van der Waals surface area contributed by atoms with Crippen molar-refractivity contribution in [3.8, 4) is 22.3 Å². The van der Waals surface area contributed by atoms with E-state index in [9.17, 15) is 4.79 Å². The van der Waals surface area contributed by atoms with E-state index >= 15 is 0 Å². The van der Waals surface area contributed by atoms with E-state index in [1.54, 1.807) is 4.90 Å². The van der Waals surface area contributed by atoms with Crippen LogP contribution in [-0.2, 0) is 10.7 Å². The second kappa shape index (κ2) is 13.4. The largest absolute Gasteiger partial charge is 0.346 e. The first kappa shape index (κ1) is 26.2. The van der Waals surface area contributed by atoms with Gasteiger partial charge in [-0.15, -0.1) is 11.6 Å². The second-order valence-electron chi connectivity index (χ2n) is 8.88. The number of nitrogens with one attached hydrogen (secondary N) is 1. The average Bonchev–Trinajstić information content (AvgIpc) is 3.40. The van der Waals surface area contributed by atoms with Crippen molar-refractivity contribution < 1.29 is 4.79 Å². The van der Waals surface area contributed by atoms with Gasteiger partial charge in [-0.1, -0.05) is 97.1 Å². The number of rotatable bonds is 3. The number of piperidine rings is 1. The zero-order valence-corrected chi connectivity index (χ0v) is 21.9. The van der Waals surface area contributed by atoms with Crippen molar-refractivity contribution in [1.29, 1.82) is 0 Å². The van der Waals surface area contributed by atoms with Gasteiger partial charge in [-0.25, -0.2) is 4.98 Å². The van der Waals surface area contributed by atoms with E-state index in [4.69, 9.17) is 11.6 Å². The minimum absolute atomic E-state index is 0.302. The van der Waals surface area contributed by atoms with Gasteiger partial charge in [0.2, 0.25) is 5.91 Å².